The third-order valence-corrected chi connectivity index (χ3v) is 5.01. The zero-order valence-electron chi connectivity index (χ0n) is 13.5. The maximum Gasteiger partial charge on any atom is 0.320 e. The second-order valence-corrected chi connectivity index (χ2v) is 6.85. The minimum absolute atomic E-state index is 0.151. The summed E-state index contributed by atoms with van der Waals surface area (Å²) in [6.45, 7) is 0.756. The molecular formula is C19H20BrNO3. The van der Waals surface area contributed by atoms with Crippen LogP contribution in [0.25, 0.3) is 0 Å². The zero-order chi connectivity index (χ0) is 17.1. The lowest BCUT2D eigenvalue weighted by Crippen LogP contribution is -2.39. The van der Waals surface area contributed by atoms with Gasteiger partial charge in [0.2, 0.25) is 0 Å². The molecule has 0 saturated carbocycles. The minimum atomic E-state index is -0.762. The van der Waals surface area contributed by atoms with Crippen LogP contribution in [0.2, 0.25) is 0 Å². The Morgan fingerprint density at radius 2 is 2.04 bits per heavy atom. The second kappa shape index (κ2) is 7.36. The van der Waals surface area contributed by atoms with Crippen LogP contribution in [-0.4, -0.2) is 35.7 Å². The average Bonchev–Trinajstić information content (AvgIpc) is 3.06. The summed E-state index contributed by atoms with van der Waals surface area (Å²) < 4.78 is 6.51. The minimum Gasteiger partial charge on any atom is -0.496 e. The van der Waals surface area contributed by atoms with Gasteiger partial charge in [-0.3, -0.25) is 9.69 Å². The second-order valence-electron chi connectivity index (χ2n) is 5.93. The molecule has 2 aromatic rings. The first-order chi connectivity index (χ1) is 11.6. The average molecular weight is 390 g/mol. The third-order valence-electron chi connectivity index (χ3n) is 4.51. The van der Waals surface area contributed by atoms with Crippen LogP contribution >= 0.6 is 15.9 Å². The van der Waals surface area contributed by atoms with Crippen LogP contribution in [0.3, 0.4) is 0 Å². The highest BCUT2D eigenvalue weighted by Crippen LogP contribution is 2.40. The standard InChI is InChI=1S/C19H20BrNO3/c1-24-17-10-9-14(20)12-15(17)18(13-6-3-2-4-7-13)21-11-5-8-16(21)19(22)23/h2-4,6-7,9-10,12,16,18H,5,8,11H2,1H3,(H,22,23). The highest BCUT2D eigenvalue weighted by atomic mass is 79.9. The van der Waals surface area contributed by atoms with E-state index in [1.807, 2.05) is 48.5 Å². The predicted octanol–water partition coefficient (Wildman–Crippen LogP) is 4.10. The third kappa shape index (κ3) is 3.32. The van der Waals surface area contributed by atoms with Gasteiger partial charge in [-0.2, -0.15) is 0 Å². The molecule has 4 nitrogen and oxygen atoms in total. The van der Waals surface area contributed by atoms with E-state index < -0.39 is 12.0 Å². The van der Waals surface area contributed by atoms with Crippen molar-refractivity contribution in [3.05, 3.63) is 64.1 Å². The topological polar surface area (TPSA) is 49.8 Å². The van der Waals surface area contributed by atoms with Gasteiger partial charge in [-0.1, -0.05) is 46.3 Å². The smallest absolute Gasteiger partial charge is 0.320 e. The van der Waals surface area contributed by atoms with E-state index in [4.69, 9.17) is 4.74 Å². The van der Waals surface area contributed by atoms with Crippen molar-refractivity contribution in [2.75, 3.05) is 13.7 Å². The fraction of sp³-hybridized carbons (Fsp3) is 0.316. The molecule has 1 aliphatic rings. The summed E-state index contributed by atoms with van der Waals surface area (Å²) in [6.07, 6.45) is 1.56. The molecule has 1 N–H and O–H groups in total. The van der Waals surface area contributed by atoms with E-state index >= 15 is 0 Å². The number of rotatable bonds is 5. The van der Waals surface area contributed by atoms with Gasteiger partial charge in [-0.15, -0.1) is 0 Å². The summed E-state index contributed by atoms with van der Waals surface area (Å²) in [5.41, 5.74) is 2.05. The van der Waals surface area contributed by atoms with E-state index in [9.17, 15) is 9.90 Å². The maximum atomic E-state index is 11.7. The van der Waals surface area contributed by atoms with E-state index in [0.29, 0.717) is 6.42 Å². The molecule has 0 amide bonds. The predicted molar refractivity (Wildman–Crippen MR) is 96.3 cm³/mol. The Bertz CT molecular complexity index is 720. The van der Waals surface area contributed by atoms with Crippen LogP contribution in [0.4, 0.5) is 0 Å². The lowest BCUT2D eigenvalue weighted by atomic mass is 9.95. The van der Waals surface area contributed by atoms with Crippen molar-refractivity contribution in [3.8, 4) is 5.75 Å². The van der Waals surface area contributed by atoms with E-state index in [1.165, 1.54) is 0 Å². The van der Waals surface area contributed by atoms with Crippen LogP contribution in [0.5, 0.6) is 5.75 Å². The molecule has 2 atom stereocenters. The van der Waals surface area contributed by atoms with Crippen LogP contribution in [0.15, 0.2) is 53.0 Å². The van der Waals surface area contributed by atoms with Gasteiger partial charge < -0.3 is 9.84 Å². The number of nitrogens with zero attached hydrogens (tertiary/aromatic N) is 1. The van der Waals surface area contributed by atoms with Crippen LogP contribution < -0.4 is 4.74 Å². The van der Waals surface area contributed by atoms with Gasteiger partial charge in [0.15, 0.2) is 0 Å². The van der Waals surface area contributed by atoms with Crippen molar-refractivity contribution < 1.29 is 14.6 Å². The number of likely N-dealkylation sites (tertiary alicyclic amines) is 1. The molecule has 3 rings (SSSR count). The lowest BCUT2D eigenvalue weighted by Gasteiger charge is -2.33. The van der Waals surface area contributed by atoms with E-state index in [2.05, 4.69) is 20.8 Å². The number of halogens is 1. The molecule has 0 radical (unpaired) electrons. The van der Waals surface area contributed by atoms with Gasteiger partial charge in [0, 0.05) is 16.6 Å². The molecule has 0 spiro atoms. The lowest BCUT2D eigenvalue weighted by molar-refractivity contribution is -0.142. The summed E-state index contributed by atoms with van der Waals surface area (Å²) in [5.74, 6) is 0.00508. The number of hydrogen-bond acceptors (Lipinski definition) is 3. The SMILES string of the molecule is COc1ccc(Br)cc1C(c1ccccc1)N1CCCC1C(=O)O. The maximum absolute atomic E-state index is 11.7. The Kier molecular flexibility index (Phi) is 5.21. The number of benzene rings is 2. The number of carboxylic acids is 1. The highest BCUT2D eigenvalue weighted by molar-refractivity contribution is 9.10. The van der Waals surface area contributed by atoms with E-state index in [-0.39, 0.29) is 6.04 Å². The Morgan fingerprint density at radius 1 is 1.29 bits per heavy atom. The van der Waals surface area contributed by atoms with Crippen molar-refractivity contribution in [1.29, 1.82) is 0 Å². The van der Waals surface area contributed by atoms with Crippen molar-refractivity contribution in [2.45, 2.75) is 24.9 Å². The molecule has 1 heterocycles. The summed E-state index contributed by atoms with van der Waals surface area (Å²) >= 11 is 3.53. The monoisotopic (exact) mass is 389 g/mol. The van der Waals surface area contributed by atoms with Crippen molar-refractivity contribution in [2.24, 2.45) is 0 Å². The van der Waals surface area contributed by atoms with Crippen molar-refractivity contribution >= 4 is 21.9 Å². The van der Waals surface area contributed by atoms with Crippen LogP contribution in [-0.2, 0) is 4.79 Å². The fourth-order valence-electron chi connectivity index (χ4n) is 3.47. The number of ether oxygens (including phenoxy) is 1. The van der Waals surface area contributed by atoms with Crippen molar-refractivity contribution in [1.82, 2.24) is 4.90 Å². The van der Waals surface area contributed by atoms with E-state index in [1.54, 1.807) is 7.11 Å². The Balaban J connectivity index is 2.13. The molecule has 126 valence electrons. The van der Waals surface area contributed by atoms with Gasteiger partial charge in [0.25, 0.3) is 0 Å². The molecular weight excluding hydrogens is 370 g/mol. The summed E-state index contributed by atoms with van der Waals surface area (Å²) in [7, 11) is 1.65. The van der Waals surface area contributed by atoms with Gasteiger partial charge in [-0.25, -0.2) is 0 Å². The normalized spacial score (nSPS) is 19.2. The molecule has 0 aliphatic carbocycles. The van der Waals surface area contributed by atoms with Gasteiger partial charge >= 0.3 is 5.97 Å². The van der Waals surface area contributed by atoms with Crippen LogP contribution in [0.1, 0.15) is 30.0 Å². The van der Waals surface area contributed by atoms with Gasteiger partial charge in [0.1, 0.15) is 11.8 Å². The zero-order valence-corrected chi connectivity index (χ0v) is 15.1. The molecule has 24 heavy (non-hydrogen) atoms. The Hall–Kier alpha value is -1.85. The first-order valence-electron chi connectivity index (χ1n) is 7.98. The van der Waals surface area contributed by atoms with Crippen LogP contribution in [0, 0.1) is 0 Å². The molecule has 2 unspecified atom stereocenters. The summed E-state index contributed by atoms with van der Waals surface area (Å²) in [4.78, 5) is 13.8. The largest absolute Gasteiger partial charge is 0.496 e. The van der Waals surface area contributed by atoms with E-state index in [0.717, 1.165) is 34.3 Å². The van der Waals surface area contributed by atoms with Gasteiger partial charge in [-0.05, 0) is 36.6 Å². The van der Waals surface area contributed by atoms with Gasteiger partial charge in [0.05, 0.1) is 13.2 Å². The number of carbonyl (C=O) groups is 1. The summed E-state index contributed by atoms with van der Waals surface area (Å²) in [6, 6.07) is 15.3. The highest BCUT2D eigenvalue weighted by Gasteiger charge is 2.37. The molecule has 2 aromatic carbocycles. The molecule has 1 fully saturated rings. The quantitative estimate of drug-likeness (QED) is 0.836. The number of carboxylic acid groups (broad SMARTS) is 1. The number of hydrogen-bond donors (Lipinski definition) is 1. The molecule has 1 saturated heterocycles. The Morgan fingerprint density at radius 3 is 2.71 bits per heavy atom. The first-order valence-corrected chi connectivity index (χ1v) is 8.78. The molecule has 5 heteroatoms. The summed E-state index contributed by atoms with van der Waals surface area (Å²) in [5, 5.41) is 9.63. The van der Waals surface area contributed by atoms with Crippen molar-refractivity contribution in [3.63, 3.8) is 0 Å². The molecule has 0 aromatic heterocycles. The first kappa shape index (κ1) is 17.0. The number of methoxy groups -OCH3 is 1. The Labute approximate surface area is 150 Å². The molecule has 1 aliphatic heterocycles. The fourth-order valence-corrected chi connectivity index (χ4v) is 3.85. The molecule has 0 bridgehead atoms. The number of aliphatic carboxylic acids is 1.